The van der Waals surface area contributed by atoms with Gasteiger partial charge < -0.3 is 19.9 Å². The van der Waals surface area contributed by atoms with Gasteiger partial charge in [-0.05, 0) is 24.6 Å². The lowest BCUT2D eigenvalue weighted by Gasteiger charge is -2.26. The number of carbonyl (C=O) groups is 2. The SMILES string of the molecule is COCCOCC(=O)NC(C)(C(=O)O)c1ccc(F)cc1. The lowest BCUT2D eigenvalue weighted by Crippen LogP contribution is -2.50. The Labute approximate surface area is 121 Å². The minimum atomic E-state index is -1.66. The zero-order chi connectivity index (χ0) is 15.9. The van der Waals surface area contributed by atoms with E-state index in [9.17, 15) is 19.1 Å². The van der Waals surface area contributed by atoms with E-state index in [4.69, 9.17) is 9.47 Å². The van der Waals surface area contributed by atoms with Crippen LogP contribution in [0.4, 0.5) is 4.39 Å². The number of aliphatic carboxylic acids is 1. The monoisotopic (exact) mass is 299 g/mol. The Morgan fingerprint density at radius 1 is 1.29 bits per heavy atom. The first-order valence-electron chi connectivity index (χ1n) is 6.27. The maximum absolute atomic E-state index is 12.9. The molecule has 1 unspecified atom stereocenters. The highest BCUT2D eigenvalue weighted by Gasteiger charge is 2.36. The van der Waals surface area contributed by atoms with Crippen molar-refractivity contribution in [2.24, 2.45) is 0 Å². The molecular formula is C14H18FNO5. The van der Waals surface area contributed by atoms with Crippen molar-refractivity contribution in [3.05, 3.63) is 35.6 Å². The molecule has 0 bridgehead atoms. The summed E-state index contributed by atoms with van der Waals surface area (Å²) in [7, 11) is 1.50. The second kappa shape index (κ2) is 7.70. The summed E-state index contributed by atoms with van der Waals surface area (Å²) >= 11 is 0. The molecule has 7 heteroatoms. The van der Waals surface area contributed by atoms with Crippen molar-refractivity contribution in [1.29, 1.82) is 0 Å². The van der Waals surface area contributed by atoms with Crippen molar-refractivity contribution in [2.45, 2.75) is 12.5 Å². The van der Waals surface area contributed by atoms with E-state index in [1.165, 1.54) is 26.2 Å². The van der Waals surface area contributed by atoms with Crippen LogP contribution >= 0.6 is 0 Å². The summed E-state index contributed by atoms with van der Waals surface area (Å²) in [5, 5.41) is 11.7. The highest BCUT2D eigenvalue weighted by Crippen LogP contribution is 2.21. The summed E-state index contributed by atoms with van der Waals surface area (Å²) in [6.45, 7) is 1.61. The highest BCUT2D eigenvalue weighted by atomic mass is 19.1. The van der Waals surface area contributed by atoms with Gasteiger partial charge in [-0.15, -0.1) is 0 Å². The van der Waals surface area contributed by atoms with Gasteiger partial charge in [0.1, 0.15) is 12.4 Å². The molecule has 21 heavy (non-hydrogen) atoms. The van der Waals surface area contributed by atoms with Crippen LogP contribution in [0.5, 0.6) is 0 Å². The van der Waals surface area contributed by atoms with Crippen LogP contribution in [0.2, 0.25) is 0 Å². The molecule has 1 amide bonds. The molecule has 0 aliphatic heterocycles. The minimum Gasteiger partial charge on any atom is -0.479 e. The van der Waals surface area contributed by atoms with Gasteiger partial charge in [0.15, 0.2) is 5.54 Å². The Hall–Kier alpha value is -1.99. The quantitative estimate of drug-likeness (QED) is 0.697. The third-order valence-corrected chi connectivity index (χ3v) is 2.90. The standard InChI is InChI=1S/C14H18FNO5/c1-14(13(18)19,10-3-5-11(15)6-4-10)16-12(17)9-21-8-7-20-2/h3-6H,7-9H2,1-2H3,(H,16,17)(H,18,19). The van der Waals surface area contributed by atoms with E-state index in [-0.39, 0.29) is 18.8 Å². The maximum atomic E-state index is 12.9. The van der Waals surface area contributed by atoms with Crippen molar-refractivity contribution in [3.63, 3.8) is 0 Å². The molecule has 0 radical (unpaired) electrons. The van der Waals surface area contributed by atoms with Gasteiger partial charge in [-0.1, -0.05) is 12.1 Å². The smallest absolute Gasteiger partial charge is 0.333 e. The van der Waals surface area contributed by atoms with E-state index < -0.39 is 23.2 Å². The molecule has 0 aliphatic carbocycles. The summed E-state index contributed by atoms with van der Waals surface area (Å²) in [4.78, 5) is 23.2. The molecule has 0 aliphatic rings. The molecular weight excluding hydrogens is 281 g/mol. The predicted molar refractivity (Wildman–Crippen MR) is 72.2 cm³/mol. The highest BCUT2D eigenvalue weighted by molar-refractivity contribution is 5.88. The first-order chi connectivity index (χ1) is 9.90. The third kappa shape index (κ3) is 4.80. The maximum Gasteiger partial charge on any atom is 0.333 e. The van der Waals surface area contributed by atoms with Gasteiger partial charge in [-0.25, -0.2) is 9.18 Å². The summed E-state index contributed by atoms with van der Waals surface area (Å²) < 4.78 is 22.7. The topological polar surface area (TPSA) is 84.9 Å². The lowest BCUT2D eigenvalue weighted by atomic mass is 9.92. The number of benzene rings is 1. The Balaban J connectivity index is 2.74. The number of hydrogen-bond acceptors (Lipinski definition) is 4. The Morgan fingerprint density at radius 3 is 2.43 bits per heavy atom. The number of amides is 1. The lowest BCUT2D eigenvalue weighted by molar-refractivity contribution is -0.148. The van der Waals surface area contributed by atoms with Crippen molar-refractivity contribution in [3.8, 4) is 0 Å². The van der Waals surface area contributed by atoms with E-state index in [0.29, 0.717) is 6.61 Å². The molecule has 6 nitrogen and oxygen atoms in total. The molecule has 0 saturated heterocycles. The van der Waals surface area contributed by atoms with E-state index >= 15 is 0 Å². The van der Waals surface area contributed by atoms with E-state index in [2.05, 4.69) is 5.32 Å². The number of carbonyl (C=O) groups excluding carboxylic acids is 1. The fourth-order valence-electron chi connectivity index (χ4n) is 1.65. The van der Waals surface area contributed by atoms with Crippen LogP contribution in [0, 0.1) is 5.82 Å². The Kier molecular flexibility index (Phi) is 6.26. The zero-order valence-electron chi connectivity index (χ0n) is 11.9. The van der Waals surface area contributed by atoms with Gasteiger partial charge in [-0.2, -0.15) is 0 Å². The molecule has 1 aromatic carbocycles. The number of methoxy groups -OCH3 is 1. The van der Waals surface area contributed by atoms with Gasteiger partial charge in [-0.3, -0.25) is 4.79 Å². The predicted octanol–water partition coefficient (Wildman–Crippen LogP) is 0.905. The average molecular weight is 299 g/mol. The number of carboxylic acids is 1. The molecule has 0 fully saturated rings. The first-order valence-corrected chi connectivity index (χ1v) is 6.27. The zero-order valence-corrected chi connectivity index (χ0v) is 11.9. The van der Waals surface area contributed by atoms with Crippen molar-refractivity contribution < 1.29 is 28.6 Å². The third-order valence-electron chi connectivity index (χ3n) is 2.90. The second-order valence-corrected chi connectivity index (χ2v) is 4.53. The molecule has 1 atom stereocenters. The molecule has 0 aromatic heterocycles. The van der Waals surface area contributed by atoms with Gasteiger partial charge >= 0.3 is 5.97 Å². The van der Waals surface area contributed by atoms with E-state index in [0.717, 1.165) is 12.1 Å². The van der Waals surface area contributed by atoms with Gasteiger partial charge in [0.2, 0.25) is 5.91 Å². The van der Waals surface area contributed by atoms with E-state index in [1.54, 1.807) is 0 Å². The normalized spacial score (nSPS) is 13.5. The van der Waals surface area contributed by atoms with Crippen molar-refractivity contribution in [1.82, 2.24) is 5.32 Å². The molecule has 1 rings (SSSR count). The van der Waals surface area contributed by atoms with Gasteiger partial charge in [0.25, 0.3) is 0 Å². The Morgan fingerprint density at radius 2 is 1.90 bits per heavy atom. The van der Waals surface area contributed by atoms with Crippen LogP contribution < -0.4 is 5.32 Å². The van der Waals surface area contributed by atoms with Crippen LogP contribution in [0.3, 0.4) is 0 Å². The summed E-state index contributed by atoms with van der Waals surface area (Å²) in [6.07, 6.45) is 0. The van der Waals surface area contributed by atoms with Gasteiger partial charge in [0, 0.05) is 7.11 Å². The minimum absolute atomic E-state index is 0.226. The number of ether oxygens (including phenoxy) is 2. The van der Waals surface area contributed by atoms with Crippen molar-refractivity contribution in [2.75, 3.05) is 26.9 Å². The van der Waals surface area contributed by atoms with Crippen LogP contribution in [0.15, 0.2) is 24.3 Å². The second-order valence-electron chi connectivity index (χ2n) is 4.53. The molecule has 1 aromatic rings. The van der Waals surface area contributed by atoms with Crippen LogP contribution in [-0.2, 0) is 24.6 Å². The Bertz CT molecular complexity index is 491. The number of carboxylic acid groups (broad SMARTS) is 1. The fourth-order valence-corrected chi connectivity index (χ4v) is 1.65. The molecule has 0 saturated carbocycles. The fraction of sp³-hybridized carbons (Fsp3) is 0.429. The van der Waals surface area contributed by atoms with E-state index in [1.807, 2.05) is 0 Å². The van der Waals surface area contributed by atoms with Crippen LogP contribution in [0.25, 0.3) is 0 Å². The number of nitrogens with one attached hydrogen (secondary N) is 1. The van der Waals surface area contributed by atoms with Crippen LogP contribution in [0.1, 0.15) is 12.5 Å². The number of hydrogen-bond donors (Lipinski definition) is 2. The molecule has 2 N–H and O–H groups in total. The molecule has 0 spiro atoms. The summed E-state index contributed by atoms with van der Waals surface area (Å²) in [6, 6.07) is 4.90. The van der Waals surface area contributed by atoms with Crippen molar-refractivity contribution >= 4 is 11.9 Å². The number of rotatable bonds is 8. The van der Waals surface area contributed by atoms with Crippen LogP contribution in [-0.4, -0.2) is 43.9 Å². The number of halogens is 1. The molecule has 116 valence electrons. The largest absolute Gasteiger partial charge is 0.479 e. The first kappa shape index (κ1) is 17.1. The van der Waals surface area contributed by atoms with Gasteiger partial charge in [0.05, 0.1) is 13.2 Å². The average Bonchev–Trinajstić information content (AvgIpc) is 2.44. The summed E-state index contributed by atoms with van der Waals surface area (Å²) in [5.74, 6) is -2.32. The molecule has 0 heterocycles. The summed E-state index contributed by atoms with van der Waals surface area (Å²) in [5.41, 5.74) is -1.39.